The van der Waals surface area contributed by atoms with Crippen molar-refractivity contribution in [1.29, 1.82) is 0 Å². The van der Waals surface area contributed by atoms with E-state index < -0.39 is 18.0 Å². The van der Waals surface area contributed by atoms with E-state index in [9.17, 15) is 23.1 Å². The smallest absolute Gasteiger partial charge is 0.497 e. The van der Waals surface area contributed by atoms with E-state index in [0.717, 1.165) is 18.4 Å². The van der Waals surface area contributed by atoms with Gasteiger partial charge in [-0.3, -0.25) is 4.79 Å². The van der Waals surface area contributed by atoms with E-state index in [1.54, 1.807) is 69.3 Å². The van der Waals surface area contributed by atoms with E-state index in [2.05, 4.69) is 15.2 Å². The standard InChI is InChI=1S/C32H33ClF3N3O5/c1-19(38-44-30(2,3)18-40)21-13-23(15-25(14-21)42-4)37-28(20-5-7-22(33)8-6-20)29(41)39-17-31(11-12-31)26-10-9-24(16-27(26)39)43-32(34,35)36/h5-10,13-16,28,37,40H,11-12,17-18H2,1-4H3/b38-19+. The van der Waals surface area contributed by atoms with E-state index >= 15 is 0 Å². The molecule has 1 amide bonds. The SMILES string of the molecule is COc1cc(NC(C(=O)N2CC3(CC3)c3ccc(OC(F)(F)F)cc32)c2ccc(Cl)cc2)cc(/C(C)=N/OC(C)(C)CO)c1. The summed E-state index contributed by atoms with van der Waals surface area (Å²) in [5.74, 6) is -0.258. The van der Waals surface area contributed by atoms with Crippen LogP contribution in [0, 0.1) is 0 Å². The highest BCUT2D eigenvalue weighted by Crippen LogP contribution is 2.57. The quantitative estimate of drug-likeness (QED) is 0.185. The van der Waals surface area contributed by atoms with Crippen molar-refractivity contribution in [1.82, 2.24) is 0 Å². The Morgan fingerprint density at radius 1 is 1.09 bits per heavy atom. The third kappa shape index (κ3) is 6.89. The number of oxime groups is 1. The number of alkyl halides is 3. The van der Waals surface area contributed by atoms with Crippen molar-refractivity contribution < 1.29 is 37.4 Å². The second-order valence-corrected chi connectivity index (χ2v) is 12.1. The van der Waals surface area contributed by atoms with Crippen LogP contribution in [-0.2, 0) is 15.0 Å². The number of amides is 1. The molecule has 0 saturated heterocycles. The van der Waals surface area contributed by atoms with Gasteiger partial charge in [-0.05, 0) is 75.1 Å². The van der Waals surface area contributed by atoms with Crippen molar-refractivity contribution in [3.05, 3.63) is 82.4 Å². The maximum Gasteiger partial charge on any atom is 0.573 e. The molecule has 2 aliphatic rings. The maximum absolute atomic E-state index is 14.4. The summed E-state index contributed by atoms with van der Waals surface area (Å²) < 4.78 is 48.9. The van der Waals surface area contributed by atoms with Crippen molar-refractivity contribution >= 4 is 34.6 Å². The first-order valence-corrected chi connectivity index (χ1v) is 14.4. The predicted molar refractivity (Wildman–Crippen MR) is 162 cm³/mol. The highest BCUT2D eigenvalue weighted by Gasteiger charge is 2.54. The van der Waals surface area contributed by atoms with Gasteiger partial charge in [-0.1, -0.05) is 35.0 Å². The molecule has 2 N–H and O–H groups in total. The summed E-state index contributed by atoms with van der Waals surface area (Å²) in [4.78, 5) is 21.4. The van der Waals surface area contributed by atoms with Crippen LogP contribution >= 0.6 is 11.6 Å². The molecule has 1 saturated carbocycles. The fourth-order valence-corrected chi connectivity index (χ4v) is 5.30. The number of aliphatic hydroxyl groups excluding tert-OH is 1. The van der Waals surface area contributed by atoms with E-state index in [1.807, 2.05) is 0 Å². The van der Waals surface area contributed by atoms with Gasteiger partial charge in [0.05, 0.1) is 25.1 Å². The Hall–Kier alpha value is -3.96. The van der Waals surface area contributed by atoms with Crippen LogP contribution in [0.3, 0.4) is 0 Å². The predicted octanol–water partition coefficient (Wildman–Crippen LogP) is 6.99. The molecule has 3 aromatic carbocycles. The first-order chi connectivity index (χ1) is 20.7. The lowest BCUT2D eigenvalue weighted by Crippen LogP contribution is -2.38. The van der Waals surface area contributed by atoms with Crippen LogP contribution in [0.1, 0.15) is 56.3 Å². The van der Waals surface area contributed by atoms with Crippen LogP contribution in [0.25, 0.3) is 0 Å². The number of halogens is 4. The number of methoxy groups -OCH3 is 1. The highest BCUT2D eigenvalue weighted by atomic mass is 35.5. The number of rotatable bonds is 10. The number of nitrogens with zero attached hydrogens (tertiary/aromatic N) is 2. The fourth-order valence-electron chi connectivity index (χ4n) is 5.18. The van der Waals surface area contributed by atoms with E-state index in [1.165, 1.54) is 24.1 Å². The molecule has 1 aliphatic carbocycles. The Labute approximate surface area is 258 Å². The zero-order chi connectivity index (χ0) is 31.9. The Morgan fingerprint density at radius 2 is 1.80 bits per heavy atom. The molecule has 44 heavy (non-hydrogen) atoms. The Balaban J connectivity index is 1.52. The molecule has 1 atom stereocenters. The van der Waals surface area contributed by atoms with Gasteiger partial charge in [0.25, 0.3) is 5.91 Å². The molecule has 1 unspecified atom stereocenters. The summed E-state index contributed by atoms with van der Waals surface area (Å²) in [5.41, 5.74) is 2.32. The van der Waals surface area contributed by atoms with Crippen LogP contribution < -0.4 is 19.7 Å². The lowest BCUT2D eigenvalue weighted by atomic mass is 9.99. The van der Waals surface area contributed by atoms with Gasteiger partial charge < -0.3 is 29.6 Å². The molecule has 0 bridgehead atoms. The van der Waals surface area contributed by atoms with Gasteiger partial charge in [0, 0.05) is 40.4 Å². The molecule has 1 aliphatic heterocycles. The third-order valence-corrected chi connectivity index (χ3v) is 8.03. The van der Waals surface area contributed by atoms with Crippen molar-refractivity contribution in [2.75, 3.05) is 30.5 Å². The zero-order valence-corrected chi connectivity index (χ0v) is 25.4. The zero-order valence-electron chi connectivity index (χ0n) is 24.7. The van der Waals surface area contributed by atoms with Gasteiger partial charge in [0.15, 0.2) is 5.60 Å². The number of benzene rings is 3. The number of anilines is 2. The molecule has 1 heterocycles. The minimum atomic E-state index is -4.86. The Morgan fingerprint density at radius 3 is 2.41 bits per heavy atom. The van der Waals surface area contributed by atoms with Crippen molar-refractivity contribution in [2.45, 2.75) is 57.0 Å². The largest absolute Gasteiger partial charge is 0.573 e. The van der Waals surface area contributed by atoms with Crippen molar-refractivity contribution in [2.24, 2.45) is 5.16 Å². The number of hydrogen-bond donors (Lipinski definition) is 2. The molecule has 12 heteroatoms. The number of nitrogens with one attached hydrogen (secondary N) is 1. The molecule has 234 valence electrons. The molecule has 0 radical (unpaired) electrons. The Kier molecular flexibility index (Phi) is 8.48. The topological polar surface area (TPSA) is 92.6 Å². The molecule has 3 aromatic rings. The number of hydrogen-bond acceptors (Lipinski definition) is 7. The first-order valence-electron chi connectivity index (χ1n) is 14.0. The minimum Gasteiger partial charge on any atom is -0.497 e. The monoisotopic (exact) mass is 631 g/mol. The second kappa shape index (κ2) is 11.9. The fraction of sp³-hybridized carbons (Fsp3) is 0.375. The van der Waals surface area contributed by atoms with Crippen LogP contribution in [0.2, 0.25) is 5.02 Å². The number of carbonyl (C=O) groups is 1. The second-order valence-electron chi connectivity index (χ2n) is 11.7. The van der Waals surface area contributed by atoms with E-state index in [-0.39, 0.29) is 23.7 Å². The molecule has 1 spiro atoms. The summed E-state index contributed by atoms with van der Waals surface area (Å²) >= 11 is 6.15. The Bertz CT molecular complexity index is 1570. The first kappa shape index (κ1) is 31.5. The summed E-state index contributed by atoms with van der Waals surface area (Å²) in [6, 6.07) is 15.3. The third-order valence-electron chi connectivity index (χ3n) is 7.78. The molecule has 8 nitrogen and oxygen atoms in total. The lowest BCUT2D eigenvalue weighted by molar-refractivity contribution is -0.274. The summed E-state index contributed by atoms with van der Waals surface area (Å²) in [6.45, 7) is 5.25. The van der Waals surface area contributed by atoms with Gasteiger partial charge in [-0.25, -0.2) is 0 Å². The normalized spacial score (nSPS) is 16.4. The van der Waals surface area contributed by atoms with E-state index in [4.69, 9.17) is 21.2 Å². The van der Waals surface area contributed by atoms with Crippen LogP contribution in [0.15, 0.2) is 65.8 Å². The average molecular weight is 632 g/mol. The summed E-state index contributed by atoms with van der Waals surface area (Å²) in [6.07, 6.45) is -3.21. The average Bonchev–Trinajstić information content (AvgIpc) is 3.69. The van der Waals surface area contributed by atoms with Crippen LogP contribution in [0.4, 0.5) is 24.5 Å². The lowest BCUT2D eigenvalue weighted by Gasteiger charge is -2.27. The molecular formula is C32H33ClF3N3O5. The maximum atomic E-state index is 14.4. The minimum absolute atomic E-state index is 0.232. The number of fused-ring (bicyclic) bond motifs is 2. The van der Waals surface area contributed by atoms with Crippen LogP contribution in [0.5, 0.6) is 11.5 Å². The van der Waals surface area contributed by atoms with Crippen molar-refractivity contribution in [3.63, 3.8) is 0 Å². The van der Waals surface area contributed by atoms with Crippen molar-refractivity contribution in [3.8, 4) is 11.5 Å². The number of aliphatic hydroxyl groups is 1. The molecule has 0 aromatic heterocycles. The van der Waals surface area contributed by atoms with Gasteiger partial charge in [-0.2, -0.15) is 0 Å². The van der Waals surface area contributed by atoms with E-state index in [0.29, 0.717) is 45.5 Å². The number of carbonyl (C=O) groups excluding carboxylic acids is 1. The van der Waals surface area contributed by atoms with Gasteiger partial charge in [-0.15, -0.1) is 13.2 Å². The molecule has 5 rings (SSSR count). The molecular weight excluding hydrogens is 599 g/mol. The van der Waals surface area contributed by atoms with Gasteiger partial charge in [0.2, 0.25) is 0 Å². The highest BCUT2D eigenvalue weighted by molar-refractivity contribution is 6.30. The summed E-state index contributed by atoms with van der Waals surface area (Å²) in [5, 5.41) is 17.5. The van der Waals surface area contributed by atoms with Gasteiger partial charge in [0.1, 0.15) is 17.5 Å². The van der Waals surface area contributed by atoms with Gasteiger partial charge >= 0.3 is 6.36 Å². The number of ether oxygens (including phenoxy) is 2. The van der Waals surface area contributed by atoms with Crippen LogP contribution in [-0.4, -0.2) is 49.0 Å². The molecule has 1 fully saturated rings. The summed E-state index contributed by atoms with van der Waals surface area (Å²) in [7, 11) is 1.51.